The molecule has 1 saturated heterocycles. The molecule has 1 aromatic carbocycles. The van der Waals surface area contributed by atoms with E-state index in [1.54, 1.807) is 0 Å². The Hall–Kier alpha value is -3.68. The van der Waals surface area contributed by atoms with Gasteiger partial charge in [-0.3, -0.25) is 4.79 Å². The van der Waals surface area contributed by atoms with Crippen LogP contribution in [0.1, 0.15) is 71.3 Å². The summed E-state index contributed by atoms with van der Waals surface area (Å²) in [5.41, 5.74) is 3.46. The summed E-state index contributed by atoms with van der Waals surface area (Å²) in [7, 11) is 0. The van der Waals surface area contributed by atoms with Gasteiger partial charge in [0.15, 0.2) is 0 Å². The second-order valence-electron chi connectivity index (χ2n) is 9.97. The van der Waals surface area contributed by atoms with Crippen LogP contribution in [0.25, 0.3) is 5.65 Å². The molecule has 186 valence electrons. The van der Waals surface area contributed by atoms with E-state index in [1.165, 1.54) is 19.3 Å². The number of pyridine rings is 1. The number of hydrogen-bond acceptors (Lipinski definition) is 5. The highest BCUT2D eigenvalue weighted by Gasteiger charge is 2.31. The summed E-state index contributed by atoms with van der Waals surface area (Å²) in [6.45, 7) is 4.75. The van der Waals surface area contributed by atoms with Crippen molar-refractivity contribution in [1.82, 2.24) is 29.0 Å². The number of likely N-dealkylation sites (tertiary alicyclic amines) is 1. The number of aromatic nitrogens is 5. The van der Waals surface area contributed by atoms with E-state index < -0.39 is 0 Å². The van der Waals surface area contributed by atoms with Crippen molar-refractivity contribution < 1.29 is 9.53 Å². The van der Waals surface area contributed by atoms with Crippen molar-refractivity contribution in [2.75, 3.05) is 13.1 Å². The van der Waals surface area contributed by atoms with Gasteiger partial charge in [0.05, 0.1) is 11.3 Å². The average Bonchev–Trinajstić information content (AvgIpc) is 3.45. The molecule has 0 bridgehead atoms. The molecule has 36 heavy (non-hydrogen) atoms. The van der Waals surface area contributed by atoms with Crippen molar-refractivity contribution in [1.29, 1.82) is 0 Å². The summed E-state index contributed by atoms with van der Waals surface area (Å²) in [6, 6.07) is 11.6. The third kappa shape index (κ3) is 4.36. The predicted molar refractivity (Wildman–Crippen MR) is 136 cm³/mol. The highest BCUT2D eigenvalue weighted by Crippen LogP contribution is 2.30. The first-order valence-corrected chi connectivity index (χ1v) is 13.0. The van der Waals surface area contributed by atoms with Gasteiger partial charge in [0.25, 0.3) is 5.91 Å². The number of rotatable bonds is 5. The monoisotopic (exact) mass is 484 g/mol. The molecule has 0 radical (unpaired) electrons. The topological polar surface area (TPSA) is 77.5 Å². The fourth-order valence-electron chi connectivity index (χ4n) is 5.55. The molecule has 1 fully saturated rings. The quantitative estimate of drug-likeness (QED) is 0.415. The van der Waals surface area contributed by atoms with Crippen LogP contribution < -0.4 is 4.74 Å². The van der Waals surface area contributed by atoms with E-state index in [9.17, 15) is 4.79 Å². The van der Waals surface area contributed by atoms with Crippen LogP contribution in [0, 0.1) is 6.92 Å². The Kier molecular flexibility index (Phi) is 6.17. The van der Waals surface area contributed by atoms with Gasteiger partial charge in [0.2, 0.25) is 0 Å². The highest BCUT2D eigenvalue weighted by atomic mass is 16.5. The van der Waals surface area contributed by atoms with Gasteiger partial charge in [-0.1, -0.05) is 24.6 Å². The van der Waals surface area contributed by atoms with E-state index in [2.05, 4.69) is 14.8 Å². The number of nitrogens with zero attached hydrogens (tertiary/aromatic N) is 6. The van der Waals surface area contributed by atoms with Crippen molar-refractivity contribution >= 4 is 11.6 Å². The minimum absolute atomic E-state index is 0.0109. The summed E-state index contributed by atoms with van der Waals surface area (Å²) in [6.07, 6.45) is 10.5. The zero-order chi connectivity index (χ0) is 24.5. The van der Waals surface area contributed by atoms with Crippen molar-refractivity contribution in [2.24, 2.45) is 0 Å². The van der Waals surface area contributed by atoms with Gasteiger partial charge in [-0.2, -0.15) is 0 Å². The number of imidazole rings is 1. The van der Waals surface area contributed by atoms with Crippen molar-refractivity contribution in [3.05, 3.63) is 77.3 Å². The number of piperidine rings is 1. The number of fused-ring (bicyclic) bond motifs is 2. The van der Waals surface area contributed by atoms with Gasteiger partial charge in [0.1, 0.15) is 29.7 Å². The molecule has 2 aliphatic rings. The Morgan fingerprint density at radius 3 is 2.89 bits per heavy atom. The van der Waals surface area contributed by atoms with Gasteiger partial charge in [-0.05, 0) is 56.4 Å². The van der Waals surface area contributed by atoms with Crippen molar-refractivity contribution in [2.45, 2.75) is 64.5 Å². The first-order chi connectivity index (χ1) is 17.7. The predicted octanol–water partition coefficient (Wildman–Crippen LogP) is 4.56. The second kappa shape index (κ2) is 9.76. The molecule has 8 heteroatoms. The molecule has 0 spiro atoms. The molecular weight excluding hydrogens is 452 g/mol. The third-order valence-corrected chi connectivity index (χ3v) is 7.43. The molecule has 3 aromatic heterocycles. The standard InChI is InChI=1S/C28H32N6O2/c1-20-9-7-14-32-18-22(29-26(20)32)19-36-24-12-5-4-11-23(24)28(35)33-15-8-10-21(17-33)27-31-30-25-13-3-2-6-16-34(25)27/h4-5,7,9,11-12,14,18,21H,2-3,6,8,10,13,15-17,19H2,1H3. The lowest BCUT2D eigenvalue weighted by Crippen LogP contribution is -2.40. The Bertz CT molecular complexity index is 1390. The molecule has 6 rings (SSSR count). The third-order valence-electron chi connectivity index (χ3n) is 7.43. The Labute approximate surface area is 210 Å². The first kappa shape index (κ1) is 22.8. The van der Waals surface area contributed by atoms with E-state index in [0.29, 0.717) is 24.5 Å². The van der Waals surface area contributed by atoms with Gasteiger partial charge in [-0.25, -0.2) is 4.98 Å². The smallest absolute Gasteiger partial charge is 0.257 e. The fourth-order valence-corrected chi connectivity index (χ4v) is 5.55. The maximum atomic E-state index is 13.7. The summed E-state index contributed by atoms with van der Waals surface area (Å²) in [5, 5.41) is 9.07. The number of ether oxygens (including phenoxy) is 1. The number of hydrogen-bond donors (Lipinski definition) is 0. The van der Waals surface area contributed by atoms with Crippen molar-refractivity contribution in [3.63, 3.8) is 0 Å². The number of para-hydroxylation sites is 1. The van der Waals surface area contributed by atoms with E-state index in [1.807, 2.05) is 65.0 Å². The summed E-state index contributed by atoms with van der Waals surface area (Å²) < 4.78 is 10.5. The van der Waals surface area contributed by atoms with Crippen LogP contribution in [-0.2, 0) is 19.6 Å². The number of carbonyl (C=O) groups excluding carboxylic acids is 1. The van der Waals surface area contributed by atoms with E-state index in [-0.39, 0.29) is 11.8 Å². The minimum atomic E-state index is 0.0109. The van der Waals surface area contributed by atoms with Crippen molar-refractivity contribution in [3.8, 4) is 5.75 Å². The SMILES string of the molecule is Cc1cccn2cc(COc3ccccc3C(=O)N3CCCC(c4nnc5n4CCCCC5)C3)nc12. The number of carbonyl (C=O) groups is 1. The van der Waals surface area contributed by atoms with E-state index >= 15 is 0 Å². The molecule has 0 saturated carbocycles. The second-order valence-corrected chi connectivity index (χ2v) is 9.97. The van der Waals surface area contributed by atoms with Gasteiger partial charge >= 0.3 is 0 Å². The van der Waals surface area contributed by atoms with E-state index in [0.717, 1.165) is 60.9 Å². The van der Waals surface area contributed by atoms with Crippen LogP contribution >= 0.6 is 0 Å². The molecule has 1 amide bonds. The largest absolute Gasteiger partial charge is 0.486 e. The molecule has 2 aliphatic heterocycles. The van der Waals surface area contributed by atoms with Crippen LogP contribution in [-0.4, -0.2) is 48.0 Å². The van der Waals surface area contributed by atoms with Gasteiger partial charge in [0, 0.05) is 44.4 Å². The normalized spacial score (nSPS) is 18.1. The lowest BCUT2D eigenvalue weighted by Gasteiger charge is -2.33. The molecule has 8 nitrogen and oxygen atoms in total. The molecular formula is C28H32N6O2. The number of benzene rings is 1. The van der Waals surface area contributed by atoms with Crippen LogP contribution in [0.4, 0.5) is 0 Å². The van der Waals surface area contributed by atoms with Gasteiger partial charge in [-0.15, -0.1) is 10.2 Å². The Morgan fingerprint density at radius 2 is 1.97 bits per heavy atom. The molecule has 4 aromatic rings. The Morgan fingerprint density at radius 1 is 1.06 bits per heavy atom. The van der Waals surface area contributed by atoms with Crippen LogP contribution in [0.2, 0.25) is 0 Å². The summed E-state index contributed by atoms with van der Waals surface area (Å²) in [5.74, 6) is 2.98. The average molecular weight is 485 g/mol. The summed E-state index contributed by atoms with van der Waals surface area (Å²) >= 11 is 0. The zero-order valence-electron chi connectivity index (χ0n) is 20.8. The molecule has 1 atom stereocenters. The minimum Gasteiger partial charge on any atom is -0.486 e. The van der Waals surface area contributed by atoms with Gasteiger partial charge < -0.3 is 18.6 Å². The molecule has 1 unspecified atom stereocenters. The fraction of sp³-hybridized carbons (Fsp3) is 0.429. The molecule has 5 heterocycles. The highest BCUT2D eigenvalue weighted by molar-refractivity contribution is 5.97. The lowest BCUT2D eigenvalue weighted by atomic mass is 9.96. The van der Waals surface area contributed by atoms with Crippen LogP contribution in [0.15, 0.2) is 48.8 Å². The number of amides is 1. The maximum Gasteiger partial charge on any atom is 0.257 e. The zero-order valence-corrected chi connectivity index (χ0v) is 20.8. The van der Waals surface area contributed by atoms with Crippen LogP contribution in [0.5, 0.6) is 5.75 Å². The van der Waals surface area contributed by atoms with E-state index in [4.69, 9.17) is 9.72 Å². The molecule has 0 N–H and O–H groups in total. The Balaban J connectivity index is 1.18. The maximum absolute atomic E-state index is 13.7. The number of aryl methyl sites for hydroxylation is 2. The summed E-state index contributed by atoms with van der Waals surface area (Å²) in [4.78, 5) is 20.3. The first-order valence-electron chi connectivity index (χ1n) is 13.0. The molecule has 0 aliphatic carbocycles. The lowest BCUT2D eigenvalue weighted by molar-refractivity contribution is 0.0698. The van der Waals surface area contributed by atoms with Crippen LogP contribution in [0.3, 0.4) is 0 Å².